The first-order valence-corrected chi connectivity index (χ1v) is 16.1. The molecule has 0 spiro atoms. The van der Waals surface area contributed by atoms with Crippen molar-refractivity contribution in [3.63, 3.8) is 0 Å². The summed E-state index contributed by atoms with van der Waals surface area (Å²) in [6.07, 6.45) is -0.187. The van der Waals surface area contributed by atoms with Crippen molar-refractivity contribution in [3.8, 4) is 23.0 Å². The molecule has 0 bridgehead atoms. The number of nitrogens with one attached hydrogen (secondary N) is 2. The molecule has 3 N–H and O–H groups in total. The average molecular weight is 653 g/mol. The van der Waals surface area contributed by atoms with Crippen LogP contribution in [0.15, 0.2) is 97.1 Å². The zero-order valence-electron chi connectivity index (χ0n) is 27.9. The number of methoxy groups -OCH3 is 1. The third kappa shape index (κ3) is 9.27. The second kappa shape index (κ2) is 16.2. The fraction of sp³-hybridized carbons (Fsp3) is 0.316. The minimum absolute atomic E-state index is 0.0360. The van der Waals surface area contributed by atoms with Gasteiger partial charge >= 0.3 is 6.03 Å². The number of benzene rings is 4. The molecule has 1 aliphatic rings. The Balaban J connectivity index is 1.29. The summed E-state index contributed by atoms with van der Waals surface area (Å²) < 4.78 is 17.8. The van der Waals surface area contributed by atoms with Gasteiger partial charge in [0.15, 0.2) is 0 Å². The second-order valence-electron chi connectivity index (χ2n) is 12.3. The van der Waals surface area contributed by atoms with Gasteiger partial charge in [0.2, 0.25) is 5.91 Å². The molecule has 4 aromatic carbocycles. The van der Waals surface area contributed by atoms with Gasteiger partial charge < -0.3 is 34.9 Å². The molecule has 10 nitrogen and oxygen atoms in total. The molecule has 10 heteroatoms. The Morgan fingerprint density at radius 1 is 0.958 bits per heavy atom. The van der Waals surface area contributed by atoms with Crippen molar-refractivity contribution in [1.29, 1.82) is 0 Å². The number of anilines is 2. The highest BCUT2D eigenvalue weighted by molar-refractivity contribution is 6.00. The first kappa shape index (κ1) is 34.3. The number of fused-ring (bicyclic) bond motifs is 1. The SMILES string of the molecule is COc1ccc(NC(=O)Nc2ccc3c(c2)CC(=O)N([C@@H](C)CO)C[C@H](C)[C@@H](CN(C)Cc2ccc(Oc4ccccc4)cc2)O3)cc1. The van der Waals surface area contributed by atoms with E-state index in [1.54, 1.807) is 48.4 Å². The number of hydrogen-bond donors (Lipinski definition) is 3. The lowest BCUT2D eigenvalue weighted by molar-refractivity contribution is -0.134. The fourth-order valence-corrected chi connectivity index (χ4v) is 5.66. The van der Waals surface area contributed by atoms with E-state index in [-0.39, 0.29) is 37.0 Å². The first-order chi connectivity index (χ1) is 23.2. The van der Waals surface area contributed by atoms with Crippen molar-refractivity contribution < 1.29 is 28.9 Å². The summed E-state index contributed by atoms with van der Waals surface area (Å²) in [5.41, 5.74) is 2.93. The quantitative estimate of drug-likeness (QED) is 0.172. The van der Waals surface area contributed by atoms with Crippen molar-refractivity contribution in [3.05, 3.63) is 108 Å². The number of carbonyl (C=O) groups is 2. The molecule has 0 unspecified atom stereocenters. The number of amides is 3. The van der Waals surface area contributed by atoms with Gasteiger partial charge in [-0.1, -0.05) is 37.3 Å². The van der Waals surface area contributed by atoms with Crippen LogP contribution in [0.25, 0.3) is 0 Å². The maximum absolute atomic E-state index is 13.6. The minimum Gasteiger partial charge on any atom is -0.497 e. The van der Waals surface area contributed by atoms with E-state index in [0.717, 1.165) is 17.1 Å². The largest absolute Gasteiger partial charge is 0.497 e. The number of ether oxygens (including phenoxy) is 3. The Hall–Kier alpha value is -5.06. The Morgan fingerprint density at radius 3 is 2.29 bits per heavy atom. The van der Waals surface area contributed by atoms with Gasteiger partial charge in [0.1, 0.15) is 29.1 Å². The summed E-state index contributed by atoms with van der Waals surface area (Å²) in [6, 6.07) is 29.3. The zero-order chi connectivity index (χ0) is 34.0. The van der Waals surface area contributed by atoms with Crippen molar-refractivity contribution in [1.82, 2.24) is 9.80 Å². The summed E-state index contributed by atoms with van der Waals surface area (Å²) in [5, 5.41) is 15.7. The Kier molecular flexibility index (Phi) is 11.5. The summed E-state index contributed by atoms with van der Waals surface area (Å²) >= 11 is 0. The predicted octanol–water partition coefficient (Wildman–Crippen LogP) is 6.41. The number of rotatable bonds is 11. The standard InChI is InChI=1S/C38H44N4O6/c1-26-22-42(27(2)25-43)37(44)21-29-20-31(40-38(45)39-30-12-17-32(46-4)18-13-30)14-19-35(29)48-36(26)24-41(3)23-28-10-15-34(16-11-28)47-33-8-6-5-7-9-33/h5-20,26-27,36,43H,21-25H2,1-4H3,(H2,39,40,45)/t26-,27-,36+/m0/s1. The van der Waals surface area contributed by atoms with Crippen molar-refractivity contribution in [2.24, 2.45) is 5.92 Å². The Morgan fingerprint density at radius 2 is 1.60 bits per heavy atom. The Bertz CT molecular complexity index is 1650. The van der Waals surface area contributed by atoms with E-state index in [4.69, 9.17) is 14.2 Å². The monoisotopic (exact) mass is 652 g/mol. The van der Waals surface area contributed by atoms with Crippen LogP contribution in [0.3, 0.4) is 0 Å². The number of para-hydroxylation sites is 1. The Labute approximate surface area is 282 Å². The number of carbonyl (C=O) groups excluding carboxylic acids is 2. The van der Waals surface area contributed by atoms with E-state index >= 15 is 0 Å². The molecular formula is C38H44N4O6. The third-order valence-electron chi connectivity index (χ3n) is 8.37. The molecule has 3 amide bonds. The van der Waals surface area contributed by atoms with Crippen LogP contribution >= 0.6 is 0 Å². The second-order valence-corrected chi connectivity index (χ2v) is 12.3. The molecule has 0 aromatic heterocycles. The third-order valence-corrected chi connectivity index (χ3v) is 8.37. The van der Waals surface area contributed by atoms with Gasteiger partial charge in [0.05, 0.1) is 26.2 Å². The first-order valence-electron chi connectivity index (χ1n) is 16.1. The van der Waals surface area contributed by atoms with Crippen LogP contribution < -0.4 is 24.8 Å². The molecule has 0 saturated carbocycles. The number of aliphatic hydroxyl groups is 1. The molecule has 1 aliphatic heterocycles. The van der Waals surface area contributed by atoms with Crippen molar-refractivity contribution in [2.45, 2.75) is 39.0 Å². The van der Waals surface area contributed by atoms with E-state index in [1.807, 2.05) is 62.5 Å². The summed E-state index contributed by atoms with van der Waals surface area (Å²) in [6.45, 7) is 5.50. The number of likely N-dealkylation sites (N-methyl/N-ethyl adjacent to an activating group) is 1. The van der Waals surface area contributed by atoms with Gasteiger partial charge in [-0.3, -0.25) is 9.69 Å². The molecule has 252 valence electrons. The lowest BCUT2D eigenvalue weighted by atomic mass is 10.0. The number of aliphatic hydroxyl groups excluding tert-OH is 1. The van der Waals surface area contributed by atoms with Crippen LogP contribution in [-0.4, -0.2) is 72.8 Å². The molecule has 3 atom stereocenters. The predicted molar refractivity (Wildman–Crippen MR) is 187 cm³/mol. The summed E-state index contributed by atoms with van der Waals surface area (Å²) in [5.74, 6) is 2.69. The van der Waals surface area contributed by atoms with E-state index < -0.39 is 6.03 Å². The van der Waals surface area contributed by atoms with Crippen LogP contribution in [-0.2, 0) is 17.8 Å². The summed E-state index contributed by atoms with van der Waals surface area (Å²) in [4.78, 5) is 30.3. The average Bonchev–Trinajstić information content (AvgIpc) is 3.13. The van der Waals surface area contributed by atoms with Gasteiger partial charge in [0, 0.05) is 42.5 Å². The highest BCUT2D eigenvalue weighted by Gasteiger charge is 2.31. The van der Waals surface area contributed by atoms with Crippen LogP contribution in [0, 0.1) is 5.92 Å². The van der Waals surface area contributed by atoms with Crippen LogP contribution in [0.5, 0.6) is 23.0 Å². The topological polar surface area (TPSA) is 113 Å². The van der Waals surface area contributed by atoms with Crippen LogP contribution in [0.4, 0.5) is 16.2 Å². The highest BCUT2D eigenvalue weighted by atomic mass is 16.5. The van der Waals surface area contributed by atoms with Crippen LogP contribution in [0.1, 0.15) is 25.0 Å². The highest BCUT2D eigenvalue weighted by Crippen LogP contribution is 2.30. The van der Waals surface area contributed by atoms with E-state index in [1.165, 1.54) is 0 Å². The van der Waals surface area contributed by atoms with Crippen molar-refractivity contribution in [2.75, 3.05) is 44.5 Å². The van der Waals surface area contributed by atoms with Gasteiger partial charge in [-0.15, -0.1) is 0 Å². The van der Waals surface area contributed by atoms with Gasteiger partial charge in [-0.05, 0) is 86.3 Å². The van der Waals surface area contributed by atoms with Crippen molar-refractivity contribution >= 4 is 23.3 Å². The van der Waals surface area contributed by atoms with Crippen LogP contribution in [0.2, 0.25) is 0 Å². The van der Waals surface area contributed by atoms with Gasteiger partial charge in [0.25, 0.3) is 0 Å². The number of hydrogen-bond acceptors (Lipinski definition) is 7. The molecule has 5 rings (SSSR count). The van der Waals surface area contributed by atoms with Gasteiger partial charge in [-0.2, -0.15) is 0 Å². The number of urea groups is 1. The molecule has 4 aromatic rings. The molecule has 0 aliphatic carbocycles. The molecule has 0 saturated heterocycles. The lowest BCUT2D eigenvalue weighted by Gasteiger charge is -2.34. The molecule has 48 heavy (non-hydrogen) atoms. The van der Waals surface area contributed by atoms with E-state index in [0.29, 0.717) is 48.1 Å². The normalized spacial score (nSPS) is 16.9. The molecule has 1 heterocycles. The molecule has 0 fully saturated rings. The van der Waals surface area contributed by atoms with Gasteiger partial charge in [-0.25, -0.2) is 4.79 Å². The number of nitrogens with zero attached hydrogens (tertiary/aromatic N) is 2. The fourth-order valence-electron chi connectivity index (χ4n) is 5.66. The maximum Gasteiger partial charge on any atom is 0.323 e. The lowest BCUT2D eigenvalue weighted by Crippen LogP contribution is -2.47. The summed E-state index contributed by atoms with van der Waals surface area (Å²) in [7, 11) is 3.63. The van der Waals surface area contributed by atoms with E-state index in [9.17, 15) is 14.7 Å². The minimum atomic E-state index is -0.418. The molecular weight excluding hydrogens is 608 g/mol. The maximum atomic E-state index is 13.6. The van der Waals surface area contributed by atoms with E-state index in [2.05, 4.69) is 34.6 Å². The smallest absolute Gasteiger partial charge is 0.323 e. The zero-order valence-corrected chi connectivity index (χ0v) is 27.9. The molecule has 0 radical (unpaired) electrons.